The number of nitrogens with one attached hydrogen (secondary N) is 1. The first-order chi connectivity index (χ1) is 20.6. The molecule has 1 atom stereocenters. The van der Waals surface area contributed by atoms with Gasteiger partial charge in [0.25, 0.3) is 5.56 Å². The van der Waals surface area contributed by atoms with Crippen LogP contribution < -0.4 is 26.2 Å². The van der Waals surface area contributed by atoms with Crippen LogP contribution in [0.4, 0.5) is 19.1 Å². The molecule has 1 aromatic carbocycles. The molecular weight excluding hydrogens is 569 g/mol. The molecule has 1 unspecified atom stereocenters. The van der Waals surface area contributed by atoms with Crippen molar-refractivity contribution in [1.82, 2.24) is 24.0 Å². The molecule has 43 heavy (non-hydrogen) atoms. The zero-order chi connectivity index (χ0) is 30.3. The molecule has 6 rings (SSSR count). The van der Waals surface area contributed by atoms with E-state index in [-0.39, 0.29) is 22.8 Å². The summed E-state index contributed by atoms with van der Waals surface area (Å²) in [4.78, 5) is 46.7. The third-order valence-corrected chi connectivity index (χ3v) is 8.47. The third-order valence-electron chi connectivity index (χ3n) is 8.47. The quantitative estimate of drug-likeness (QED) is 0.392. The minimum absolute atomic E-state index is 0.0652. The fourth-order valence-electron chi connectivity index (χ4n) is 6.30. The van der Waals surface area contributed by atoms with Crippen molar-refractivity contribution < 1.29 is 27.4 Å². The smallest absolute Gasteiger partial charge is 0.488 e. The molecule has 3 aromatic rings. The van der Waals surface area contributed by atoms with Crippen molar-refractivity contribution in [2.75, 3.05) is 31.1 Å². The summed E-state index contributed by atoms with van der Waals surface area (Å²) in [6, 6.07) is 8.11. The predicted molar refractivity (Wildman–Crippen MR) is 151 cm³/mol. The maximum Gasteiger partial charge on any atom is 0.491 e. The van der Waals surface area contributed by atoms with E-state index >= 15 is 0 Å². The summed E-state index contributed by atoms with van der Waals surface area (Å²) in [6.07, 6.45) is -1.32. The monoisotopic (exact) mass is 602 g/mol. The van der Waals surface area contributed by atoms with Crippen molar-refractivity contribution in [3.8, 4) is 5.75 Å². The molecule has 0 saturated heterocycles. The summed E-state index contributed by atoms with van der Waals surface area (Å²) in [7, 11) is 1.40. The molecule has 14 heteroatoms. The van der Waals surface area contributed by atoms with Crippen LogP contribution in [0, 0.1) is 5.92 Å². The van der Waals surface area contributed by atoms with E-state index in [1.807, 2.05) is 0 Å². The first kappa shape index (κ1) is 29.0. The van der Waals surface area contributed by atoms with E-state index in [2.05, 4.69) is 10.2 Å². The molecule has 1 saturated carbocycles. The number of imidazole rings is 1. The molecule has 0 bridgehead atoms. The Morgan fingerprint density at radius 2 is 1.86 bits per heavy atom. The van der Waals surface area contributed by atoms with Crippen LogP contribution in [0.15, 0.2) is 51.2 Å². The number of para-hydroxylation sites is 1. The summed E-state index contributed by atoms with van der Waals surface area (Å²) < 4.78 is 53.7. The van der Waals surface area contributed by atoms with Gasteiger partial charge >= 0.3 is 17.8 Å². The average Bonchev–Trinajstić information content (AvgIpc) is 3.71. The van der Waals surface area contributed by atoms with Crippen molar-refractivity contribution >= 4 is 23.1 Å². The standard InChI is InChI=1S/C29H33F3N6O5/c1-35-24-23(37(16-18-8-4-2-5-9-18)27(34-24)36-13-12-19-14-33-15-21(19)36)25(39)38(28(35)41)22(43-26(40)29(30,31)32)17-42-20-10-6-3-7-11-20/h3,6-7,10-11,18,22,33H,2,4-5,8-9,12-17H2,1H3. The van der Waals surface area contributed by atoms with Gasteiger partial charge in [0.15, 0.2) is 11.2 Å². The van der Waals surface area contributed by atoms with E-state index in [9.17, 15) is 27.6 Å². The van der Waals surface area contributed by atoms with E-state index in [0.29, 0.717) is 30.1 Å². The lowest BCUT2D eigenvalue weighted by Gasteiger charge is -2.26. The lowest BCUT2D eigenvalue weighted by atomic mass is 9.89. The van der Waals surface area contributed by atoms with E-state index in [1.165, 1.54) is 12.6 Å². The van der Waals surface area contributed by atoms with Crippen LogP contribution in [-0.2, 0) is 23.1 Å². The molecule has 0 amide bonds. The van der Waals surface area contributed by atoms with Gasteiger partial charge in [0.1, 0.15) is 12.4 Å². The summed E-state index contributed by atoms with van der Waals surface area (Å²) in [5, 5.41) is 3.34. The molecule has 3 aliphatic rings. The topological polar surface area (TPSA) is 113 Å². The number of nitrogens with zero attached hydrogens (tertiary/aromatic N) is 5. The molecule has 0 radical (unpaired) electrons. The number of rotatable bonds is 8. The molecule has 0 spiro atoms. The van der Waals surface area contributed by atoms with Gasteiger partial charge in [0.05, 0.1) is 0 Å². The average molecular weight is 603 g/mol. The molecule has 1 fully saturated rings. The molecular formula is C29H33F3N6O5. The van der Waals surface area contributed by atoms with Gasteiger partial charge in [0.2, 0.25) is 12.2 Å². The SMILES string of the molecule is Cn1c(=O)n(C(COc2ccccc2)OC(=O)C(F)(F)F)c(=O)c2c1nc(N1CCC3=C1CNC3)n2CC1CCCCC1. The Labute approximate surface area is 244 Å². The number of carbonyl (C=O) groups is 1. The maximum atomic E-state index is 14.2. The molecule has 2 aliphatic heterocycles. The van der Waals surface area contributed by atoms with Crippen molar-refractivity contribution in [2.24, 2.45) is 13.0 Å². The van der Waals surface area contributed by atoms with Crippen LogP contribution in [0.1, 0.15) is 44.8 Å². The van der Waals surface area contributed by atoms with Crippen LogP contribution in [-0.4, -0.2) is 57.1 Å². The zero-order valence-corrected chi connectivity index (χ0v) is 23.7. The number of hydrogen-bond donors (Lipinski definition) is 1. The molecule has 4 heterocycles. The van der Waals surface area contributed by atoms with Gasteiger partial charge in [-0.2, -0.15) is 18.2 Å². The second-order valence-corrected chi connectivity index (χ2v) is 11.3. The van der Waals surface area contributed by atoms with Crippen LogP contribution in [0.2, 0.25) is 0 Å². The Hall–Kier alpha value is -4.07. The summed E-state index contributed by atoms with van der Waals surface area (Å²) in [6.45, 7) is 1.84. The third kappa shape index (κ3) is 5.55. The van der Waals surface area contributed by atoms with E-state index < -0.39 is 36.2 Å². The highest BCUT2D eigenvalue weighted by molar-refractivity contribution is 5.77. The number of ether oxygens (including phenoxy) is 2. The molecule has 1 N–H and O–H groups in total. The Kier molecular flexibility index (Phi) is 7.79. The number of benzene rings is 1. The summed E-state index contributed by atoms with van der Waals surface area (Å²) in [5.74, 6) is -1.50. The number of aryl methyl sites for hydroxylation is 1. The minimum Gasteiger partial charge on any atom is -0.488 e. The van der Waals surface area contributed by atoms with E-state index in [0.717, 1.165) is 55.3 Å². The lowest BCUT2D eigenvalue weighted by molar-refractivity contribution is -0.211. The normalized spacial score (nSPS) is 18.4. The number of esters is 1. The van der Waals surface area contributed by atoms with Crippen LogP contribution in [0.5, 0.6) is 5.75 Å². The predicted octanol–water partition coefficient (Wildman–Crippen LogP) is 3.23. The minimum atomic E-state index is -5.35. The fraction of sp³-hybridized carbons (Fsp3) is 0.517. The lowest BCUT2D eigenvalue weighted by Crippen LogP contribution is -2.46. The van der Waals surface area contributed by atoms with Gasteiger partial charge in [0, 0.05) is 38.9 Å². The van der Waals surface area contributed by atoms with Crippen molar-refractivity contribution in [1.29, 1.82) is 0 Å². The zero-order valence-electron chi connectivity index (χ0n) is 23.7. The number of alkyl halides is 3. The Balaban J connectivity index is 1.50. The van der Waals surface area contributed by atoms with Gasteiger partial charge < -0.3 is 24.3 Å². The molecule has 1 aliphatic carbocycles. The second kappa shape index (κ2) is 11.5. The number of halogens is 3. The van der Waals surface area contributed by atoms with Gasteiger partial charge in [-0.25, -0.2) is 14.2 Å². The maximum absolute atomic E-state index is 14.2. The number of hydrogen-bond acceptors (Lipinski definition) is 8. The van der Waals surface area contributed by atoms with Crippen molar-refractivity contribution in [3.05, 3.63) is 62.4 Å². The fourth-order valence-corrected chi connectivity index (χ4v) is 6.30. The molecule has 11 nitrogen and oxygen atoms in total. The number of anilines is 1. The Morgan fingerprint density at radius 1 is 1.12 bits per heavy atom. The van der Waals surface area contributed by atoms with Gasteiger partial charge in [-0.3, -0.25) is 9.36 Å². The summed E-state index contributed by atoms with van der Waals surface area (Å²) in [5.41, 5.74) is 0.644. The number of carbonyl (C=O) groups excluding carboxylic acids is 1. The number of fused-ring (bicyclic) bond motifs is 1. The Morgan fingerprint density at radius 3 is 2.58 bits per heavy atom. The van der Waals surface area contributed by atoms with E-state index in [1.54, 1.807) is 34.9 Å². The van der Waals surface area contributed by atoms with Crippen LogP contribution in [0.3, 0.4) is 0 Å². The van der Waals surface area contributed by atoms with Gasteiger partial charge in [-0.1, -0.05) is 37.5 Å². The highest BCUT2D eigenvalue weighted by Gasteiger charge is 2.43. The second-order valence-electron chi connectivity index (χ2n) is 11.3. The Bertz CT molecular complexity index is 1670. The first-order valence-electron chi connectivity index (χ1n) is 14.5. The highest BCUT2D eigenvalue weighted by atomic mass is 19.4. The van der Waals surface area contributed by atoms with Crippen molar-refractivity contribution in [2.45, 2.75) is 57.5 Å². The van der Waals surface area contributed by atoms with Crippen molar-refractivity contribution in [3.63, 3.8) is 0 Å². The molecule has 2 aromatic heterocycles. The van der Waals surface area contributed by atoms with Crippen LogP contribution in [0.25, 0.3) is 11.2 Å². The number of aromatic nitrogens is 4. The first-order valence-corrected chi connectivity index (χ1v) is 14.5. The van der Waals surface area contributed by atoms with Crippen LogP contribution >= 0.6 is 0 Å². The summed E-state index contributed by atoms with van der Waals surface area (Å²) >= 11 is 0. The van der Waals surface area contributed by atoms with Gasteiger partial charge in [-0.15, -0.1) is 0 Å². The van der Waals surface area contributed by atoms with Gasteiger partial charge in [-0.05, 0) is 42.9 Å². The largest absolute Gasteiger partial charge is 0.491 e. The highest BCUT2D eigenvalue weighted by Crippen LogP contribution is 2.34. The molecule has 230 valence electrons. The van der Waals surface area contributed by atoms with E-state index in [4.69, 9.17) is 14.5 Å².